The molecule has 0 heterocycles. The molecule has 0 spiro atoms. The lowest BCUT2D eigenvalue weighted by molar-refractivity contribution is 0.318. The molecule has 0 aromatic carbocycles. The van der Waals surface area contributed by atoms with E-state index in [1.54, 1.807) is 32.9 Å². The van der Waals surface area contributed by atoms with Crippen molar-refractivity contribution in [2.45, 2.75) is 34.6 Å². The molecule has 0 bridgehead atoms. The molecule has 0 unspecified atom stereocenters. The predicted octanol–water partition coefficient (Wildman–Crippen LogP) is 1.06. The molecule has 0 saturated heterocycles. The summed E-state index contributed by atoms with van der Waals surface area (Å²) in [6, 6.07) is 3.50. The highest BCUT2D eigenvalue weighted by Gasteiger charge is 1.35. The Labute approximate surface area is 93.2 Å². The van der Waals surface area contributed by atoms with E-state index in [4.69, 9.17) is 25.8 Å². The van der Waals surface area contributed by atoms with Gasteiger partial charge in [0.2, 0.25) is 0 Å². The molecule has 0 aliphatic rings. The second-order valence-corrected chi connectivity index (χ2v) is 1.40. The fourth-order valence-corrected chi connectivity index (χ4v) is 0. The third-order valence-corrected chi connectivity index (χ3v) is 0. The van der Waals surface area contributed by atoms with Gasteiger partial charge >= 0.3 is 0 Å². The van der Waals surface area contributed by atoms with Gasteiger partial charge in [-0.25, -0.2) is 0 Å². The summed E-state index contributed by atoms with van der Waals surface area (Å²) in [5, 5.41) is 37.3. The van der Waals surface area contributed by atoms with Crippen molar-refractivity contribution in [1.29, 1.82) is 10.5 Å². The van der Waals surface area contributed by atoms with E-state index in [1.165, 1.54) is 13.8 Å². The Morgan fingerprint density at radius 2 is 0.733 bits per heavy atom. The topological polar surface area (TPSA) is 108 Å². The van der Waals surface area contributed by atoms with Crippen molar-refractivity contribution in [1.82, 2.24) is 0 Å². The van der Waals surface area contributed by atoms with E-state index in [9.17, 15) is 0 Å². The first-order chi connectivity index (χ1) is 7.07. The number of aliphatic hydroxyl groups is 3. The van der Waals surface area contributed by atoms with Gasteiger partial charge < -0.3 is 15.3 Å². The lowest BCUT2D eigenvalue weighted by atomic mass is 10.9. The molecular formula is C10H24N2O3. The Morgan fingerprint density at radius 3 is 0.733 bits per heavy atom. The number of aliphatic hydroxyl groups excluding tert-OH is 3. The minimum Gasteiger partial charge on any atom is -0.397 e. The summed E-state index contributed by atoms with van der Waals surface area (Å²) in [5.41, 5.74) is 0. The molecule has 0 rings (SSSR count). The standard InChI is InChI=1S/2C2H3N.3C2H6O/c5*1-2-3/h2*1H3;3*3H,2H2,1H3. The van der Waals surface area contributed by atoms with Crippen molar-refractivity contribution in [3.05, 3.63) is 0 Å². The van der Waals surface area contributed by atoms with Crippen LogP contribution in [0.25, 0.3) is 0 Å². The van der Waals surface area contributed by atoms with Crippen LogP contribution in [0.1, 0.15) is 34.6 Å². The summed E-state index contributed by atoms with van der Waals surface area (Å²) in [6.45, 7) is 8.65. The number of rotatable bonds is 0. The molecule has 0 radical (unpaired) electrons. The van der Waals surface area contributed by atoms with E-state index in [-0.39, 0.29) is 19.8 Å². The van der Waals surface area contributed by atoms with E-state index in [0.29, 0.717) is 0 Å². The minimum absolute atomic E-state index is 0.250. The zero-order chi connectivity index (χ0) is 13.5. The first-order valence-electron chi connectivity index (χ1n) is 4.52. The molecule has 0 amide bonds. The lowest BCUT2D eigenvalue weighted by Crippen LogP contribution is -1.57. The van der Waals surface area contributed by atoms with E-state index in [0.717, 1.165) is 0 Å². The third kappa shape index (κ3) is 1170. The van der Waals surface area contributed by atoms with Crippen molar-refractivity contribution in [3.63, 3.8) is 0 Å². The SMILES string of the molecule is CC#N.CC#N.CCO.CCO.CCO. The van der Waals surface area contributed by atoms with Gasteiger partial charge in [0.15, 0.2) is 0 Å². The molecule has 15 heavy (non-hydrogen) atoms. The van der Waals surface area contributed by atoms with Crippen LogP contribution in [0.5, 0.6) is 0 Å². The number of hydrogen-bond acceptors (Lipinski definition) is 5. The molecule has 0 saturated carbocycles. The highest BCUT2D eigenvalue weighted by molar-refractivity contribution is 4.51. The average Bonchev–Trinajstić information content (AvgIpc) is 2.09. The minimum atomic E-state index is 0.250. The Morgan fingerprint density at radius 1 is 0.733 bits per heavy atom. The second-order valence-electron chi connectivity index (χ2n) is 1.40. The van der Waals surface area contributed by atoms with Crippen LogP contribution in [0.3, 0.4) is 0 Å². The van der Waals surface area contributed by atoms with Gasteiger partial charge in [-0.05, 0) is 20.8 Å². The van der Waals surface area contributed by atoms with E-state index >= 15 is 0 Å². The van der Waals surface area contributed by atoms with Gasteiger partial charge in [-0.2, -0.15) is 10.5 Å². The summed E-state index contributed by atoms with van der Waals surface area (Å²) >= 11 is 0. The second kappa shape index (κ2) is 121. The van der Waals surface area contributed by atoms with Gasteiger partial charge in [-0.1, -0.05) is 0 Å². The van der Waals surface area contributed by atoms with Gasteiger partial charge in [-0.3, -0.25) is 0 Å². The number of nitriles is 2. The molecule has 0 aromatic heterocycles. The fourth-order valence-electron chi connectivity index (χ4n) is 0. The van der Waals surface area contributed by atoms with Crippen molar-refractivity contribution >= 4 is 0 Å². The molecule has 0 aromatic rings. The first-order valence-corrected chi connectivity index (χ1v) is 4.52. The van der Waals surface area contributed by atoms with Crippen LogP contribution in [0.2, 0.25) is 0 Å². The third-order valence-electron chi connectivity index (χ3n) is 0. The highest BCUT2D eigenvalue weighted by Crippen LogP contribution is 1.30. The zero-order valence-electron chi connectivity index (χ0n) is 10.4. The summed E-state index contributed by atoms with van der Waals surface area (Å²) in [4.78, 5) is 0. The Bertz CT molecular complexity index is 100. The van der Waals surface area contributed by atoms with Gasteiger partial charge in [0.1, 0.15) is 0 Å². The molecule has 5 nitrogen and oxygen atoms in total. The van der Waals surface area contributed by atoms with Crippen molar-refractivity contribution in [2.75, 3.05) is 19.8 Å². The van der Waals surface area contributed by atoms with E-state index in [1.807, 2.05) is 0 Å². The van der Waals surface area contributed by atoms with E-state index < -0.39 is 0 Å². The highest BCUT2D eigenvalue weighted by atomic mass is 16.3. The van der Waals surface area contributed by atoms with Gasteiger partial charge in [0, 0.05) is 33.7 Å². The molecule has 0 aliphatic heterocycles. The van der Waals surface area contributed by atoms with Gasteiger partial charge in [0.05, 0.1) is 12.1 Å². The number of hydrogen-bond donors (Lipinski definition) is 3. The molecular weight excluding hydrogens is 196 g/mol. The predicted molar refractivity (Wildman–Crippen MR) is 60.9 cm³/mol. The van der Waals surface area contributed by atoms with Crippen molar-refractivity contribution in [2.24, 2.45) is 0 Å². The van der Waals surface area contributed by atoms with Crippen LogP contribution < -0.4 is 0 Å². The molecule has 0 fully saturated rings. The smallest absolute Gasteiger partial charge is 0.0587 e. The Hall–Kier alpha value is -1.14. The maximum absolute atomic E-state index is 7.57. The van der Waals surface area contributed by atoms with Crippen LogP contribution in [0.15, 0.2) is 0 Å². The first kappa shape index (κ1) is 29.2. The normalized spacial score (nSPS) is 4.67. The van der Waals surface area contributed by atoms with Crippen LogP contribution >= 0.6 is 0 Å². The average molecular weight is 220 g/mol. The quantitative estimate of drug-likeness (QED) is 0.565. The Balaban J connectivity index is -0.0000000278. The van der Waals surface area contributed by atoms with Crippen LogP contribution in [0, 0.1) is 22.7 Å². The Kier molecular flexibility index (Phi) is 236. The molecule has 5 heteroatoms. The van der Waals surface area contributed by atoms with Crippen molar-refractivity contribution in [3.8, 4) is 12.1 Å². The zero-order valence-corrected chi connectivity index (χ0v) is 10.4. The van der Waals surface area contributed by atoms with Crippen LogP contribution in [0.4, 0.5) is 0 Å². The maximum atomic E-state index is 7.57. The molecule has 0 atom stereocenters. The monoisotopic (exact) mass is 220 g/mol. The summed E-state index contributed by atoms with van der Waals surface area (Å²) in [7, 11) is 0. The van der Waals surface area contributed by atoms with Gasteiger partial charge in [-0.15, -0.1) is 0 Å². The molecule has 0 aliphatic carbocycles. The lowest BCUT2D eigenvalue weighted by Gasteiger charge is -1.52. The molecule has 3 N–H and O–H groups in total. The van der Waals surface area contributed by atoms with Crippen molar-refractivity contribution < 1.29 is 15.3 Å². The van der Waals surface area contributed by atoms with Gasteiger partial charge in [0.25, 0.3) is 0 Å². The maximum Gasteiger partial charge on any atom is 0.0587 e. The van der Waals surface area contributed by atoms with Crippen LogP contribution in [-0.2, 0) is 0 Å². The summed E-state index contributed by atoms with van der Waals surface area (Å²) < 4.78 is 0. The number of nitrogens with zero attached hydrogens (tertiary/aromatic N) is 2. The fraction of sp³-hybridized carbons (Fsp3) is 0.800. The summed E-state index contributed by atoms with van der Waals surface area (Å²) in [5.74, 6) is 0. The summed E-state index contributed by atoms with van der Waals surface area (Å²) in [6.07, 6.45) is 0. The van der Waals surface area contributed by atoms with E-state index in [2.05, 4.69) is 0 Å². The molecule has 92 valence electrons. The van der Waals surface area contributed by atoms with Crippen LogP contribution in [-0.4, -0.2) is 35.1 Å². The largest absolute Gasteiger partial charge is 0.397 e.